The number of hydrogen-bond acceptors (Lipinski definition) is 1. The molecule has 0 aliphatic carbocycles. The van der Waals surface area contributed by atoms with Crippen molar-refractivity contribution < 1.29 is 23.3 Å². The van der Waals surface area contributed by atoms with Gasteiger partial charge in [-0.05, 0) is 12.2 Å². The summed E-state index contributed by atoms with van der Waals surface area (Å²) in [6.07, 6.45) is -6.10. The van der Waals surface area contributed by atoms with Crippen molar-refractivity contribution in [1.29, 1.82) is 0 Å². The Morgan fingerprint density at radius 3 is 2.00 bits per heavy atom. The van der Waals surface area contributed by atoms with Crippen molar-refractivity contribution in [2.75, 3.05) is 0 Å². The van der Waals surface area contributed by atoms with Crippen LogP contribution in [0.15, 0.2) is 0 Å². The Morgan fingerprint density at radius 1 is 1.62 bits per heavy atom. The topological polar surface area (TPSA) is 29.1 Å². The molecule has 0 aliphatic heterocycles. The van der Waals surface area contributed by atoms with Crippen molar-refractivity contribution in [1.82, 2.24) is 0 Å². The molecule has 8 heavy (non-hydrogen) atoms. The van der Waals surface area contributed by atoms with E-state index in [0.29, 0.717) is 6.92 Å². The van der Waals surface area contributed by atoms with Gasteiger partial charge in [0.2, 0.25) is 6.17 Å². The lowest BCUT2D eigenvalue weighted by Gasteiger charge is -2.08. The Kier molecular flexibility index (Phi) is 2.24. The zero-order valence-electron chi connectivity index (χ0n) is 3.95. The van der Waals surface area contributed by atoms with Crippen LogP contribution in [0.2, 0.25) is 0 Å². The molecule has 0 N–H and O–H groups in total. The van der Waals surface area contributed by atoms with Gasteiger partial charge in [0.25, 0.3) is 0 Å². The van der Waals surface area contributed by atoms with Crippen LogP contribution in [0.4, 0.5) is 13.2 Å². The van der Waals surface area contributed by atoms with Gasteiger partial charge in [0.05, 0.1) is 0 Å². The quantitative estimate of drug-likeness (QED) is 0.408. The van der Waals surface area contributed by atoms with E-state index in [1.165, 1.54) is 0 Å². The number of halogens is 3. The summed E-state index contributed by atoms with van der Waals surface area (Å²) in [5.41, 5.74) is 0. The highest BCUT2D eigenvalue weighted by Crippen LogP contribution is 2.27. The minimum absolute atomic E-state index is 0.456. The van der Waals surface area contributed by atoms with E-state index >= 15 is 0 Å². The van der Waals surface area contributed by atoms with Gasteiger partial charge >= 0.3 is 6.11 Å². The maximum atomic E-state index is 11.3. The van der Waals surface area contributed by atoms with Crippen molar-refractivity contribution in [3.8, 4) is 0 Å². The first kappa shape index (κ1) is 7.71. The molecule has 0 atom stereocenters. The van der Waals surface area contributed by atoms with E-state index in [-0.39, 0.29) is 0 Å². The summed E-state index contributed by atoms with van der Waals surface area (Å²) in [7, 11) is 0. The minimum Gasteiger partial charge on any atom is -0.230 e. The molecule has 0 spiro atoms. The predicted molar refractivity (Wildman–Crippen MR) is 16.7 cm³/mol. The summed E-state index contributed by atoms with van der Waals surface area (Å²) in [4.78, 5) is 2.20. The maximum Gasteiger partial charge on any atom is 0.420 e. The third-order valence-corrected chi connectivity index (χ3v) is 0.506. The molecule has 5 heteroatoms. The van der Waals surface area contributed by atoms with Crippen LogP contribution in [0.1, 0.15) is 6.92 Å². The molecule has 2 radical (unpaired) electrons. The average molecular weight is 128 g/mol. The Morgan fingerprint density at radius 2 is 2.00 bits per heavy atom. The molecule has 0 aromatic carbocycles. The van der Waals surface area contributed by atoms with E-state index < -0.39 is 12.3 Å². The second-order valence-electron chi connectivity index (χ2n) is 1.13. The standard InChI is InChI=1S/C3H3F3O2/c1-2(4)3(5,6)8-7/h1H3. The molecular formula is C3H3F3O2. The number of alkyl halides is 2. The molecule has 2 nitrogen and oxygen atoms in total. The van der Waals surface area contributed by atoms with Gasteiger partial charge in [0.1, 0.15) is 0 Å². The fraction of sp³-hybridized carbons (Fsp3) is 0.667. The highest BCUT2D eigenvalue weighted by molar-refractivity contribution is 4.78. The van der Waals surface area contributed by atoms with Crippen LogP contribution in [0.3, 0.4) is 0 Å². The first-order chi connectivity index (χ1) is 3.50. The van der Waals surface area contributed by atoms with Gasteiger partial charge in [-0.2, -0.15) is 8.78 Å². The first-order valence-corrected chi connectivity index (χ1v) is 1.69. The lowest BCUT2D eigenvalue weighted by molar-refractivity contribution is -0.449. The monoisotopic (exact) mass is 128 g/mol. The fourth-order valence-corrected chi connectivity index (χ4v) is 0.0574. The zero-order chi connectivity index (χ0) is 6.78. The molecule has 0 fully saturated rings. The average Bonchev–Trinajstić information content (AvgIpc) is 1.67. The van der Waals surface area contributed by atoms with Gasteiger partial charge in [-0.25, -0.2) is 4.39 Å². The van der Waals surface area contributed by atoms with Crippen LogP contribution in [0.5, 0.6) is 0 Å². The van der Waals surface area contributed by atoms with Crippen LogP contribution < -0.4 is 0 Å². The van der Waals surface area contributed by atoms with Crippen LogP contribution >= 0.6 is 0 Å². The van der Waals surface area contributed by atoms with Gasteiger partial charge in [0, 0.05) is 0 Å². The van der Waals surface area contributed by atoms with Crippen molar-refractivity contribution in [2.45, 2.75) is 13.0 Å². The lowest BCUT2D eigenvalue weighted by atomic mass is 10.4. The van der Waals surface area contributed by atoms with Gasteiger partial charge in [0.15, 0.2) is 0 Å². The second-order valence-corrected chi connectivity index (χ2v) is 1.13. The SMILES string of the molecule is C[C](F)C(F)(F)O[O]. The molecule has 0 aromatic rings. The van der Waals surface area contributed by atoms with Crippen molar-refractivity contribution in [3.05, 3.63) is 6.17 Å². The van der Waals surface area contributed by atoms with E-state index in [9.17, 15) is 13.2 Å². The highest BCUT2D eigenvalue weighted by Gasteiger charge is 2.41. The molecule has 0 bridgehead atoms. The van der Waals surface area contributed by atoms with E-state index in [0.717, 1.165) is 0 Å². The Hall–Kier alpha value is -0.290. The van der Waals surface area contributed by atoms with Gasteiger partial charge in [-0.1, -0.05) is 0 Å². The lowest BCUT2D eigenvalue weighted by Crippen LogP contribution is -2.22. The normalized spacial score (nSPS) is 12.8. The van der Waals surface area contributed by atoms with E-state index in [2.05, 4.69) is 4.89 Å². The van der Waals surface area contributed by atoms with Crippen molar-refractivity contribution in [3.63, 3.8) is 0 Å². The van der Waals surface area contributed by atoms with Crippen LogP contribution in [0, 0.1) is 6.17 Å². The Bertz CT molecular complexity index is 72.9. The molecule has 0 aromatic heterocycles. The first-order valence-electron chi connectivity index (χ1n) is 1.69. The molecule has 0 unspecified atom stereocenters. The number of hydrogen-bond donors (Lipinski definition) is 0. The summed E-state index contributed by atoms with van der Waals surface area (Å²) in [6, 6.07) is 0. The van der Waals surface area contributed by atoms with E-state index in [4.69, 9.17) is 5.26 Å². The molecule has 0 aliphatic rings. The second kappa shape index (κ2) is 2.32. The third-order valence-electron chi connectivity index (χ3n) is 0.506. The maximum absolute atomic E-state index is 11.3. The zero-order valence-corrected chi connectivity index (χ0v) is 3.95. The molecule has 0 saturated heterocycles. The summed E-state index contributed by atoms with van der Waals surface area (Å²) in [6.45, 7) is 0.456. The van der Waals surface area contributed by atoms with Crippen molar-refractivity contribution >= 4 is 0 Å². The number of rotatable bonds is 2. The summed E-state index contributed by atoms with van der Waals surface area (Å²) in [5.74, 6) is 0. The van der Waals surface area contributed by atoms with Crippen LogP contribution in [0.25, 0.3) is 0 Å². The van der Waals surface area contributed by atoms with Gasteiger partial charge in [-0.3, -0.25) is 0 Å². The van der Waals surface area contributed by atoms with E-state index in [1.54, 1.807) is 0 Å². The Labute approximate surface area is 43.8 Å². The van der Waals surface area contributed by atoms with Crippen LogP contribution in [-0.4, -0.2) is 6.11 Å². The molecular weight excluding hydrogens is 125 g/mol. The van der Waals surface area contributed by atoms with E-state index in [1.807, 2.05) is 0 Å². The minimum atomic E-state index is -4.26. The molecule has 0 heterocycles. The smallest absolute Gasteiger partial charge is 0.230 e. The molecule has 0 rings (SSSR count). The third kappa shape index (κ3) is 1.67. The summed E-state index contributed by atoms with van der Waals surface area (Å²) >= 11 is 0. The van der Waals surface area contributed by atoms with Crippen LogP contribution in [-0.2, 0) is 10.1 Å². The molecule has 0 amide bonds. The highest BCUT2D eigenvalue weighted by atomic mass is 19.3. The largest absolute Gasteiger partial charge is 0.420 e. The van der Waals surface area contributed by atoms with Crippen molar-refractivity contribution in [2.24, 2.45) is 0 Å². The van der Waals surface area contributed by atoms with Gasteiger partial charge in [-0.15, -0.1) is 4.89 Å². The fourth-order valence-electron chi connectivity index (χ4n) is 0.0574. The molecule has 48 valence electrons. The van der Waals surface area contributed by atoms with Gasteiger partial charge < -0.3 is 0 Å². The Balaban J connectivity index is 3.71. The predicted octanol–water partition coefficient (Wildman–Crippen LogP) is 1.46. The summed E-state index contributed by atoms with van der Waals surface area (Å²) in [5, 5.41) is 8.88. The molecule has 0 saturated carbocycles. The summed E-state index contributed by atoms with van der Waals surface area (Å²) < 4.78 is 34.0.